The summed E-state index contributed by atoms with van der Waals surface area (Å²) < 4.78 is 1.91. The van der Waals surface area contributed by atoms with Crippen molar-refractivity contribution < 1.29 is 4.79 Å². The Kier molecular flexibility index (Phi) is 4.49. The zero-order valence-electron chi connectivity index (χ0n) is 11.7. The van der Waals surface area contributed by atoms with Gasteiger partial charge in [-0.05, 0) is 24.7 Å². The third kappa shape index (κ3) is 4.33. The number of ketones is 1. The third-order valence-corrected chi connectivity index (χ3v) is 2.80. The van der Waals surface area contributed by atoms with Crippen LogP contribution < -0.4 is 0 Å². The monoisotopic (exact) mass is 236 g/mol. The summed E-state index contributed by atoms with van der Waals surface area (Å²) in [5, 5.41) is 0. The quantitative estimate of drug-likeness (QED) is 0.733. The van der Waals surface area contributed by atoms with E-state index in [0.717, 1.165) is 13.0 Å². The van der Waals surface area contributed by atoms with Gasteiger partial charge in [0.25, 0.3) is 0 Å². The van der Waals surface area contributed by atoms with Gasteiger partial charge in [-0.25, -0.2) is 4.98 Å². The minimum absolute atomic E-state index is 0.161. The summed E-state index contributed by atoms with van der Waals surface area (Å²) in [6, 6.07) is 0. The van der Waals surface area contributed by atoms with Gasteiger partial charge in [0.1, 0.15) is 0 Å². The first-order valence-electron chi connectivity index (χ1n) is 6.38. The molecule has 0 aliphatic rings. The van der Waals surface area contributed by atoms with E-state index >= 15 is 0 Å². The molecular formula is C14H24N2O. The lowest BCUT2D eigenvalue weighted by Crippen LogP contribution is -2.16. The lowest BCUT2D eigenvalue weighted by molar-refractivity contribution is 0.0940. The van der Waals surface area contributed by atoms with Crippen molar-refractivity contribution >= 4 is 5.78 Å². The largest absolute Gasteiger partial charge is 0.329 e. The van der Waals surface area contributed by atoms with Gasteiger partial charge in [0.2, 0.25) is 0 Å². The van der Waals surface area contributed by atoms with Crippen LogP contribution in [-0.4, -0.2) is 15.3 Å². The van der Waals surface area contributed by atoms with Gasteiger partial charge in [0.05, 0.1) is 0 Å². The first-order valence-corrected chi connectivity index (χ1v) is 6.38. The molecule has 1 rings (SSSR count). The molecule has 0 bridgehead atoms. The van der Waals surface area contributed by atoms with Crippen molar-refractivity contribution in [3.05, 3.63) is 18.2 Å². The molecule has 0 fully saturated rings. The third-order valence-electron chi connectivity index (χ3n) is 2.80. The SMILES string of the molecule is CCn1ccnc1C(=O)CC(C)CC(C)(C)C. The van der Waals surface area contributed by atoms with Gasteiger partial charge in [-0.3, -0.25) is 4.79 Å². The van der Waals surface area contributed by atoms with Crippen LogP contribution in [0.3, 0.4) is 0 Å². The smallest absolute Gasteiger partial charge is 0.198 e. The van der Waals surface area contributed by atoms with Crippen molar-refractivity contribution in [1.29, 1.82) is 0 Å². The zero-order chi connectivity index (χ0) is 13.1. The van der Waals surface area contributed by atoms with E-state index in [0.29, 0.717) is 18.2 Å². The molecule has 1 aromatic heterocycles. The van der Waals surface area contributed by atoms with Crippen molar-refractivity contribution in [2.24, 2.45) is 11.3 Å². The van der Waals surface area contributed by atoms with Crippen molar-refractivity contribution in [2.45, 2.75) is 54.0 Å². The maximum atomic E-state index is 12.1. The molecule has 0 spiro atoms. The van der Waals surface area contributed by atoms with E-state index in [-0.39, 0.29) is 11.2 Å². The van der Waals surface area contributed by atoms with Crippen molar-refractivity contribution in [3.8, 4) is 0 Å². The predicted octanol–water partition coefficient (Wildman–Crippen LogP) is 3.55. The van der Waals surface area contributed by atoms with Crippen LogP contribution in [0.5, 0.6) is 0 Å². The van der Waals surface area contributed by atoms with E-state index in [2.05, 4.69) is 32.7 Å². The Morgan fingerprint density at radius 1 is 1.47 bits per heavy atom. The highest BCUT2D eigenvalue weighted by Gasteiger charge is 2.20. The number of aryl methyl sites for hydroxylation is 1. The Labute approximate surface area is 104 Å². The summed E-state index contributed by atoms with van der Waals surface area (Å²) in [7, 11) is 0. The second kappa shape index (κ2) is 5.48. The van der Waals surface area contributed by atoms with Crippen molar-refractivity contribution in [1.82, 2.24) is 9.55 Å². The van der Waals surface area contributed by atoms with E-state index in [1.807, 2.05) is 17.7 Å². The molecule has 96 valence electrons. The summed E-state index contributed by atoms with van der Waals surface area (Å²) in [4.78, 5) is 16.2. The maximum Gasteiger partial charge on any atom is 0.198 e. The summed E-state index contributed by atoms with van der Waals surface area (Å²) in [6.07, 6.45) is 5.21. The van der Waals surface area contributed by atoms with Crippen molar-refractivity contribution in [3.63, 3.8) is 0 Å². The number of carbonyl (C=O) groups is 1. The van der Waals surface area contributed by atoms with E-state index in [1.165, 1.54) is 0 Å². The summed E-state index contributed by atoms with van der Waals surface area (Å²) in [6.45, 7) is 11.6. The number of carbonyl (C=O) groups excluding carboxylic acids is 1. The molecule has 0 N–H and O–H groups in total. The Morgan fingerprint density at radius 3 is 2.65 bits per heavy atom. The summed E-state index contributed by atoms with van der Waals surface area (Å²) in [5.74, 6) is 1.17. The fourth-order valence-electron chi connectivity index (χ4n) is 2.34. The fraction of sp³-hybridized carbons (Fsp3) is 0.714. The molecule has 1 unspecified atom stereocenters. The fourth-order valence-corrected chi connectivity index (χ4v) is 2.34. The number of hydrogen-bond acceptors (Lipinski definition) is 2. The maximum absolute atomic E-state index is 12.1. The molecule has 0 amide bonds. The highest BCUT2D eigenvalue weighted by Crippen LogP contribution is 2.26. The van der Waals surface area contributed by atoms with Crippen molar-refractivity contribution in [2.75, 3.05) is 0 Å². The normalized spacial score (nSPS) is 13.7. The first kappa shape index (κ1) is 13.9. The van der Waals surface area contributed by atoms with E-state index in [9.17, 15) is 4.79 Å². The van der Waals surface area contributed by atoms with Gasteiger partial charge < -0.3 is 4.57 Å². The number of rotatable bonds is 5. The number of imidazole rings is 1. The standard InChI is InChI=1S/C14H24N2O/c1-6-16-8-7-15-13(16)12(17)9-11(2)10-14(3,4)5/h7-8,11H,6,9-10H2,1-5H3. The van der Waals surface area contributed by atoms with Crippen LogP contribution in [0.25, 0.3) is 0 Å². The Morgan fingerprint density at radius 2 is 2.12 bits per heavy atom. The van der Waals surface area contributed by atoms with Crippen LogP contribution >= 0.6 is 0 Å². The second-order valence-electron chi connectivity index (χ2n) is 6.03. The zero-order valence-corrected chi connectivity index (χ0v) is 11.7. The van der Waals surface area contributed by atoms with Gasteiger partial charge in [0, 0.05) is 25.4 Å². The van der Waals surface area contributed by atoms with E-state index in [1.54, 1.807) is 6.20 Å². The van der Waals surface area contributed by atoms with Gasteiger partial charge in [0.15, 0.2) is 11.6 Å². The molecule has 0 radical (unpaired) electrons. The topological polar surface area (TPSA) is 34.9 Å². The van der Waals surface area contributed by atoms with Gasteiger partial charge in [-0.2, -0.15) is 0 Å². The molecule has 17 heavy (non-hydrogen) atoms. The van der Waals surface area contributed by atoms with Crippen LogP contribution in [0.1, 0.15) is 58.1 Å². The second-order valence-corrected chi connectivity index (χ2v) is 6.03. The van der Waals surface area contributed by atoms with E-state index < -0.39 is 0 Å². The van der Waals surface area contributed by atoms with Crippen LogP contribution in [0.15, 0.2) is 12.4 Å². The molecule has 1 aromatic rings. The Hall–Kier alpha value is -1.12. The predicted molar refractivity (Wildman–Crippen MR) is 70.1 cm³/mol. The molecule has 0 saturated carbocycles. The number of nitrogens with zero attached hydrogens (tertiary/aromatic N) is 2. The molecule has 3 heteroatoms. The van der Waals surface area contributed by atoms with Gasteiger partial charge >= 0.3 is 0 Å². The molecule has 0 saturated heterocycles. The number of aromatic nitrogens is 2. The molecule has 0 aliphatic carbocycles. The van der Waals surface area contributed by atoms with Crippen LogP contribution in [0, 0.1) is 11.3 Å². The molecule has 1 heterocycles. The number of Topliss-reactive ketones (excluding diaryl/α,β-unsaturated/α-hetero) is 1. The van der Waals surface area contributed by atoms with Crippen LogP contribution in [0.4, 0.5) is 0 Å². The number of hydrogen-bond donors (Lipinski definition) is 0. The first-order chi connectivity index (χ1) is 7.83. The Bertz CT molecular complexity index is 374. The minimum atomic E-state index is 0.161. The van der Waals surface area contributed by atoms with Crippen LogP contribution in [-0.2, 0) is 6.54 Å². The molecule has 3 nitrogen and oxygen atoms in total. The molecule has 1 atom stereocenters. The highest BCUT2D eigenvalue weighted by molar-refractivity contribution is 5.92. The average Bonchev–Trinajstić information content (AvgIpc) is 2.61. The average molecular weight is 236 g/mol. The van der Waals surface area contributed by atoms with E-state index in [4.69, 9.17) is 0 Å². The summed E-state index contributed by atoms with van der Waals surface area (Å²) >= 11 is 0. The molecule has 0 aliphatic heterocycles. The highest BCUT2D eigenvalue weighted by atomic mass is 16.1. The van der Waals surface area contributed by atoms with Crippen LogP contribution in [0.2, 0.25) is 0 Å². The van der Waals surface area contributed by atoms with Gasteiger partial charge in [-0.15, -0.1) is 0 Å². The lowest BCUT2D eigenvalue weighted by Gasteiger charge is -2.22. The minimum Gasteiger partial charge on any atom is -0.329 e. The van der Waals surface area contributed by atoms with Gasteiger partial charge in [-0.1, -0.05) is 27.7 Å². The lowest BCUT2D eigenvalue weighted by atomic mass is 9.83. The molecular weight excluding hydrogens is 212 g/mol. The Balaban J connectivity index is 2.61. The molecule has 0 aromatic carbocycles. The summed E-state index contributed by atoms with van der Waals surface area (Å²) in [5.41, 5.74) is 0.278.